The molecule has 1 aliphatic carbocycles. The Hall–Kier alpha value is -1.72. The molecule has 2 aliphatic rings. The second kappa shape index (κ2) is 8.11. The SMILES string of the molecule is CN=C(NCC1(c2cccc(Cl)c2)CC1)NC1CCN(c2cccs2)CC1. The normalized spacial score (nSPS) is 19.8. The van der Waals surface area contributed by atoms with Crippen molar-refractivity contribution >= 4 is 33.9 Å². The van der Waals surface area contributed by atoms with E-state index in [1.54, 1.807) is 0 Å². The summed E-state index contributed by atoms with van der Waals surface area (Å²) in [6, 6.07) is 13.1. The number of nitrogens with one attached hydrogen (secondary N) is 2. The molecule has 0 radical (unpaired) electrons. The molecule has 0 amide bonds. The average molecular weight is 403 g/mol. The molecule has 0 bridgehead atoms. The van der Waals surface area contributed by atoms with Crippen LogP contribution in [0.3, 0.4) is 0 Å². The van der Waals surface area contributed by atoms with E-state index in [1.165, 1.54) is 23.4 Å². The molecule has 1 aromatic carbocycles. The molecule has 0 unspecified atom stereocenters. The van der Waals surface area contributed by atoms with Crippen LogP contribution in [0.25, 0.3) is 0 Å². The number of nitrogens with zero attached hydrogens (tertiary/aromatic N) is 2. The second-order valence-corrected chi connectivity index (χ2v) is 8.94. The summed E-state index contributed by atoms with van der Waals surface area (Å²) >= 11 is 8.01. The fourth-order valence-electron chi connectivity index (χ4n) is 3.87. The van der Waals surface area contributed by atoms with Gasteiger partial charge in [0.1, 0.15) is 0 Å². The number of piperidine rings is 1. The molecular weight excluding hydrogens is 376 g/mol. The summed E-state index contributed by atoms with van der Waals surface area (Å²) in [7, 11) is 1.86. The van der Waals surface area contributed by atoms with Crippen LogP contribution >= 0.6 is 22.9 Å². The lowest BCUT2D eigenvalue weighted by atomic mass is 9.96. The van der Waals surface area contributed by atoms with Crippen LogP contribution in [0.5, 0.6) is 0 Å². The molecule has 144 valence electrons. The average Bonchev–Trinajstić information content (AvgIpc) is 3.29. The molecular formula is C21H27ClN4S. The summed E-state index contributed by atoms with van der Waals surface area (Å²) in [6.07, 6.45) is 4.68. The predicted molar refractivity (Wildman–Crippen MR) is 116 cm³/mol. The van der Waals surface area contributed by atoms with Crippen molar-refractivity contribution in [2.75, 3.05) is 31.6 Å². The highest BCUT2D eigenvalue weighted by atomic mass is 35.5. The largest absolute Gasteiger partial charge is 0.363 e. The van der Waals surface area contributed by atoms with Crippen molar-refractivity contribution in [3.8, 4) is 0 Å². The number of hydrogen-bond donors (Lipinski definition) is 2. The number of halogens is 1. The minimum absolute atomic E-state index is 0.213. The third-order valence-electron chi connectivity index (χ3n) is 5.76. The monoisotopic (exact) mass is 402 g/mol. The Bertz CT molecular complexity index is 777. The molecule has 2 fully saturated rings. The first-order chi connectivity index (χ1) is 13.2. The molecule has 4 nitrogen and oxygen atoms in total. The van der Waals surface area contributed by atoms with Gasteiger partial charge in [0.15, 0.2) is 5.96 Å². The Labute approximate surface area is 170 Å². The summed E-state index contributed by atoms with van der Waals surface area (Å²) < 4.78 is 0. The maximum atomic E-state index is 6.19. The van der Waals surface area contributed by atoms with Crippen molar-refractivity contribution in [2.24, 2.45) is 4.99 Å². The Morgan fingerprint density at radius 2 is 2.07 bits per heavy atom. The van der Waals surface area contributed by atoms with Crippen LogP contribution in [0.15, 0.2) is 46.8 Å². The smallest absolute Gasteiger partial charge is 0.191 e. The second-order valence-electron chi connectivity index (χ2n) is 7.57. The van der Waals surface area contributed by atoms with Gasteiger partial charge in [-0.2, -0.15) is 0 Å². The zero-order valence-corrected chi connectivity index (χ0v) is 17.3. The zero-order chi connectivity index (χ0) is 18.7. The van der Waals surface area contributed by atoms with Gasteiger partial charge in [-0.25, -0.2) is 0 Å². The third kappa shape index (κ3) is 4.41. The minimum atomic E-state index is 0.213. The van der Waals surface area contributed by atoms with Crippen LogP contribution in [0.2, 0.25) is 5.02 Å². The standard InChI is InChI=1S/C21H27ClN4S/c1-23-20(24-15-21(9-10-21)16-4-2-5-17(22)14-16)25-18-7-11-26(12-8-18)19-6-3-13-27-19/h2-6,13-14,18H,7-12,15H2,1H3,(H2,23,24,25). The quantitative estimate of drug-likeness (QED) is 0.579. The Morgan fingerprint density at radius 1 is 1.26 bits per heavy atom. The summed E-state index contributed by atoms with van der Waals surface area (Å²) in [5.74, 6) is 0.915. The van der Waals surface area contributed by atoms with Gasteiger partial charge in [-0.15, -0.1) is 11.3 Å². The lowest BCUT2D eigenvalue weighted by Gasteiger charge is -2.33. The summed E-state index contributed by atoms with van der Waals surface area (Å²) in [5.41, 5.74) is 1.55. The van der Waals surface area contributed by atoms with E-state index in [-0.39, 0.29) is 5.41 Å². The maximum Gasteiger partial charge on any atom is 0.191 e. The van der Waals surface area contributed by atoms with Crippen molar-refractivity contribution in [3.63, 3.8) is 0 Å². The van der Waals surface area contributed by atoms with Crippen molar-refractivity contribution in [3.05, 3.63) is 52.4 Å². The van der Waals surface area contributed by atoms with Gasteiger partial charge in [0, 0.05) is 43.2 Å². The van der Waals surface area contributed by atoms with Crippen molar-refractivity contribution < 1.29 is 0 Å². The molecule has 1 aliphatic heterocycles. The van der Waals surface area contributed by atoms with E-state index in [1.807, 2.05) is 30.5 Å². The molecule has 1 saturated carbocycles. The lowest BCUT2D eigenvalue weighted by molar-refractivity contribution is 0.461. The first-order valence-corrected chi connectivity index (χ1v) is 11.0. The fraction of sp³-hybridized carbons (Fsp3) is 0.476. The van der Waals surface area contributed by atoms with Gasteiger partial charge < -0.3 is 15.5 Å². The highest BCUT2D eigenvalue weighted by Crippen LogP contribution is 2.48. The number of anilines is 1. The summed E-state index contributed by atoms with van der Waals surface area (Å²) in [4.78, 5) is 6.93. The molecule has 4 rings (SSSR count). The fourth-order valence-corrected chi connectivity index (χ4v) is 4.85. The van der Waals surface area contributed by atoms with E-state index >= 15 is 0 Å². The van der Waals surface area contributed by atoms with Gasteiger partial charge in [0.05, 0.1) is 5.00 Å². The van der Waals surface area contributed by atoms with Crippen LogP contribution in [-0.2, 0) is 5.41 Å². The Kier molecular flexibility index (Phi) is 5.60. The first kappa shape index (κ1) is 18.6. The highest BCUT2D eigenvalue weighted by Gasteiger charge is 2.44. The molecule has 0 atom stereocenters. The third-order valence-corrected chi connectivity index (χ3v) is 6.93. The van der Waals surface area contributed by atoms with Crippen molar-refractivity contribution in [2.45, 2.75) is 37.1 Å². The summed E-state index contributed by atoms with van der Waals surface area (Å²) in [6.45, 7) is 3.10. The molecule has 1 aromatic heterocycles. The van der Waals surface area contributed by atoms with E-state index in [4.69, 9.17) is 11.6 Å². The number of benzene rings is 1. The van der Waals surface area contributed by atoms with Gasteiger partial charge in [-0.3, -0.25) is 4.99 Å². The maximum absolute atomic E-state index is 6.19. The first-order valence-electron chi connectivity index (χ1n) is 9.70. The summed E-state index contributed by atoms with van der Waals surface area (Å²) in [5, 5.41) is 11.5. The van der Waals surface area contributed by atoms with Crippen LogP contribution in [0.1, 0.15) is 31.2 Å². The van der Waals surface area contributed by atoms with E-state index in [9.17, 15) is 0 Å². The van der Waals surface area contributed by atoms with Gasteiger partial charge in [-0.1, -0.05) is 23.7 Å². The number of thiophene rings is 1. The van der Waals surface area contributed by atoms with Crippen LogP contribution < -0.4 is 15.5 Å². The van der Waals surface area contributed by atoms with Crippen LogP contribution in [-0.4, -0.2) is 38.7 Å². The molecule has 2 N–H and O–H groups in total. The number of guanidine groups is 1. The van der Waals surface area contributed by atoms with Gasteiger partial charge in [0.25, 0.3) is 0 Å². The number of aliphatic imine (C=N–C) groups is 1. The Balaban J connectivity index is 1.28. The van der Waals surface area contributed by atoms with Crippen molar-refractivity contribution in [1.82, 2.24) is 10.6 Å². The van der Waals surface area contributed by atoms with Crippen LogP contribution in [0.4, 0.5) is 5.00 Å². The zero-order valence-electron chi connectivity index (χ0n) is 15.7. The number of hydrogen-bond acceptors (Lipinski definition) is 3. The molecule has 2 aromatic rings. The van der Waals surface area contributed by atoms with Gasteiger partial charge >= 0.3 is 0 Å². The molecule has 1 saturated heterocycles. The molecule has 0 spiro atoms. The van der Waals surface area contributed by atoms with E-state index in [2.05, 4.69) is 50.2 Å². The van der Waals surface area contributed by atoms with Gasteiger partial charge in [-0.05, 0) is 60.9 Å². The van der Waals surface area contributed by atoms with Crippen molar-refractivity contribution in [1.29, 1.82) is 0 Å². The lowest BCUT2D eigenvalue weighted by Crippen LogP contribution is -2.49. The molecule has 2 heterocycles. The van der Waals surface area contributed by atoms with E-state index in [0.29, 0.717) is 6.04 Å². The van der Waals surface area contributed by atoms with Crippen LogP contribution in [0, 0.1) is 0 Å². The van der Waals surface area contributed by atoms with Gasteiger partial charge in [0.2, 0.25) is 0 Å². The number of rotatable bonds is 5. The highest BCUT2D eigenvalue weighted by molar-refractivity contribution is 7.14. The Morgan fingerprint density at radius 3 is 2.70 bits per heavy atom. The predicted octanol–water partition coefficient (Wildman–Crippen LogP) is 4.27. The topological polar surface area (TPSA) is 39.7 Å². The van der Waals surface area contributed by atoms with E-state index in [0.717, 1.165) is 43.5 Å². The minimum Gasteiger partial charge on any atom is -0.363 e. The van der Waals surface area contributed by atoms with E-state index < -0.39 is 0 Å². The molecule has 6 heteroatoms. The molecule has 27 heavy (non-hydrogen) atoms.